The van der Waals surface area contributed by atoms with Crippen molar-refractivity contribution in [2.75, 3.05) is 0 Å². The Balaban J connectivity index is 2.10. The van der Waals surface area contributed by atoms with Gasteiger partial charge in [0.15, 0.2) is 0 Å². The van der Waals surface area contributed by atoms with E-state index in [1.54, 1.807) is 24.3 Å². The van der Waals surface area contributed by atoms with Gasteiger partial charge < -0.3 is 5.11 Å². The summed E-state index contributed by atoms with van der Waals surface area (Å²) in [6, 6.07) is 13.9. The van der Waals surface area contributed by atoms with E-state index in [1.807, 2.05) is 31.2 Å². The number of hydrogen-bond acceptors (Lipinski definition) is 4. The molecular formula is C17H15BrN2O3S. The Labute approximate surface area is 148 Å². The highest BCUT2D eigenvalue weighted by molar-refractivity contribution is 9.10. The van der Waals surface area contributed by atoms with Gasteiger partial charge in [-0.3, -0.25) is 0 Å². The van der Waals surface area contributed by atoms with Crippen LogP contribution >= 0.6 is 15.9 Å². The summed E-state index contributed by atoms with van der Waals surface area (Å²) >= 11 is 3.36. The lowest BCUT2D eigenvalue weighted by Crippen LogP contribution is -2.15. The third-order valence-electron chi connectivity index (χ3n) is 3.60. The first-order valence-corrected chi connectivity index (χ1v) is 9.42. The first kappa shape index (κ1) is 16.9. The molecule has 0 amide bonds. The quantitative estimate of drug-likeness (QED) is 0.720. The number of nitrogens with zero attached hydrogens (tertiary/aromatic N) is 2. The Hall–Kier alpha value is -1.96. The minimum Gasteiger partial charge on any atom is -0.388 e. The van der Waals surface area contributed by atoms with Crippen LogP contribution in [0.15, 0.2) is 64.1 Å². The average Bonchev–Trinajstić information content (AvgIpc) is 3.01. The summed E-state index contributed by atoms with van der Waals surface area (Å²) in [5, 5.41) is 9.52. The van der Waals surface area contributed by atoms with Crippen LogP contribution in [0.5, 0.6) is 0 Å². The summed E-state index contributed by atoms with van der Waals surface area (Å²) < 4.78 is 27.6. The molecule has 0 bridgehead atoms. The second kappa shape index (κ2) is 6.51. The highest BCUT2D eigenvalue weighted by atomic mass is 79.9. The number of rotatable bonds is 4. The molecule has 0 fully saturated rings. The van der Waals surface area contributed by atoms with Crippen LogP contribution in [-0.4, -0.2) is 22.5 Å². The van der Waals surface area contributed by atoms with Crippen molar-refractivity contribution < 1.29 is 13.5 Å². The lowest BCUT2D eigenvalue weighted by Gasteiger charge is -2.08. The highest BCUT2D eigenvalue weighted by Gasteiger charge is 2.22. The molecule has 0 saturated carbocycles. The fourth-order valence-corrected chi connectivity index (χ4v) is 3.89. The molecule has 3 rings (SSSR count). The number of halogens is 1. The van der Waals surface area contributed by atoms with Crippen LogP contribution in [0.25, 0.3) is 11.3 Å². The molecule has 7 heteroatoms. The molecule has 1 heterocycles. The molecule has 1 N–H and O–H groups in total. The molecule has 1 aromatic heterocycles. The number of benzene rings is 2. The molecule has 0 saturated heterocycles. The molecule has 2 aromatic carbocycles. The number of aliphatic hydroxyl groups is 1. The Kier molecular flexibility index (Phi) is 4.58. The number of imidazole rings is 1. The van der Waals surface area contributed by atoms with Crippen molar-refractivity contribution in [3.05, 3.63) is 70.6 Å². The predicted octanol–water partition coefficient (Wildman–Crippen LogP) is 3.35. The SMILES string of the molecule is Cc1ccc(S(=O)(=O)n2cc(-c3ccc(Br)cc3)nc2CO)cc1. The Morgan fingerprint density at radius 3 is 2.29 bits per heavy atom. The third kappa shape index (κ3) is 3.15. The van der Waals surface area contributed by atoms with Gasteiger partial charge in [0.1, 0.15) is 12.4 Å². The van der Waals surface area contributed by atoms with Gasteiger partial charge in [0, 0.05) is 16.2 Å². The van der Waals surface area contributed by atoms with Crippen LogP contribution in [0.2, 0.25) is 0 Å². The summed E-state index contributed by atoms with van der Waals surface area (Å²) in [6.45, 7) is 1.42. The van der Waals surface area contributed by atoms with E-state index in [9.17, 15) is 13.5 Å². The maximum atomic E-state index is 12.8. The first-order valence-electron chi connectivity index (χ1n) is 7.19. The smallest absolute Gasteiger partial charge is 0.269 e. The molecule has 0 aliphatic heterocycles. The first-order chi connectivity index (χ1) is 11.4. The van der Waals surface area contributed by atoms with Crippen LogP contribution in [-0.2, 0) is 16.6 Å². The van der Waals surface area contributed by atoms with E-state index in [0.717, 1.165) is 19.6 Å². The van der Waals surface area contributed by atoms with Gasteiger partial charge in [-0.15, -0.1) is 0 Å². The fraction of sp³-hybridized carbons (Fsp3) is 0.118. The third-order valence-corrected chi connectivity index (χ3v) is 5.83. The normalized spacial score (nSPS) is 11.6. The van der Waals surface area contributed by atoms with E-state index in [1.165, 1.54) is 6.20 Å². The van der Waals surface area contributed by atoms with Gasteiger partial charge in [-0.1, -0.05) is 45.8 Å². The minimum atomic E-state index is -3.81. The van der Waals surface area contributed by atoms with E-state index in [0.29, 0.717) is 5.69 Å². The number of aliphatic hydroxyl groups excluding tert-OH is 1. The van der Waals surface area contributed by atoms with Crippen LogP contribution in [0.3, 0.4) is 0 Å². The van der Waals surface area contributed by atoms with Gasteiger partial charge in [0.05, 0.1) is 10.6 Å². The summed E-state index contributed by atoms with van der Waals surface area (Å²) in [5.41, 5.74) is 2.23. The minimum absolute atomic E-state index is 0.0773. The van der Waals surface area contributed by atoms with E-state index >= 15 is 0 Å². The van der Waals surface area contributed by atoms with Crippen molar-refractivity contribution in [2.24, 2.45) is 0 Å². The molecule has 0 unspecified atom stereocenters. The lowest BCUT2D eigenvalue weighted by atomic mass is 10.2. The van der Waals surface area contributed by atoms with Crippen LogP contribution in [0.4, 0.5) is 0 Å². The summed E-state index contributed by atoms with van der Waals surface area (Å²) in [4.78, 5) is 4.41. The largest absolute Gasteiger partial charge is 0.388 e. The number of hydrogen-bond donors (Lipinski definition) is 1. The van der Waals surface area contributed by atoms with Gasteiger partial charge in [-0.25, -0.2) is 17.4 Å². The van der Waals surface area contributed by atoms with Crippen molar-refractivity contribution in [3.63, 3.8) is 0 Å². The molecule has 0 aliphatic rings. The molecule has 24 heavy (non-hydrogen) atoms. The molecule has 0 radical (unpaired) electrons. The van der Waals surface area contributed by atoms with E-state index < -0.39 is 16.6 Å². The van der Waals surface area contributed by atoms with Crippen molar-refractivity contribution in [3.8, 4) is 11.3 Å². The van der Waals surface area contributed by atoms with Crippen molar-refractivity contribution >= 4 is 26.0 Å². The second-order valence-electron chi connectivity index (χ2n) is 5.32. The van der Waals surface area contributed by atoms with E-state index in [2.05, 4.69) is 20.9 Å². The van der Waals surface area contributed by atoms with Gasteiger partial charge >= 0.3 is 0 Å². The Morgan fingerprint density at radius 1 is 1.08 bits per heavy atom. The highest BCUT2D eigenvalue weighted by Crippen LogP contribution is 2.24. The van der Waals surface area contributed by atoms with Crippen LogP contribution < -0.4 is 0 Å². The van der Waals surface area contributed by atoms with Crippen molar-refractivity contribution in [1.29, 1.82) is 0 Å². The maximum Gasteiger partial charge on any atom is 0.269 e. The van der Waals surface area contributed by atoms with Gasteiger partial charge in [-0.2, -0.15) is 0 Å². The second-order valence-corrected chi connectivity index (χ2v) is 8.05. The molecule has 3 aromatic rings. The zero-order chi connectivity index (χ0) is 17.3. The summed E-state index contributed by atoms with van der Waals surface area (Å²) in [7, 11) is -3.81. The Morgan fingerprint density at radius 2 is 1.71 bits per heavy atom. The number of aromatic nitrogens is 2. The van der Waals surface area contributed by atoms with Gasteiger partial charge in [0.2, 0.25) is 0 Å². The lowest BCUT2D eigenvalue weighted by molar-refractivity contribution is 0.270. The molecule has 0 atom stereocenters. The van der Waals surface area contributed by atoms with Gasteiger partial charge in [-0.05, 0) is 31.2 Å². The monoisotopic (exact) mass is 406 g/mol. The molecule has 124 valence electrons. The fourth-order valence-electron chi connectivity index (χ4n) is 2.30. The van der Waals surface area contributed by atoms with Crippen molar-refractivity contribution in [1.82, 2.24) is 8.96 Å². The molecular weight excluding hydrogens is 392 g/mol. The van der Waals surface area contributed by atoms with Crippen LogP contribution in [0.1, 0.15) is 11.4 Å². The average molecular weight is 407 g/mol. The van der Waals surface area contributed by atoms with Crippen LogP contribution in [0, 0.1) is 6.92 Å². The molecule has 0 spiro atoms. The summed E-state index contributed by atoms with van der Waals surface area (Å²) in [5.74, 6) is 0.0773. The topological polar surface area (TPSA) is 72.2 Å². The Bertz CT molecular complexity index is 962. The molecule has 0 aliphatic carbocycles. The maximum absolute atomic E-state index is 12.8. The summed E-state index contributed by atoms with van der Waals surface area (Å²) in [6.07, 6.45) is 1.43. The number of aryl methyl sites for hydroxylation is 1. The molecule has 5 nitrogen and oxygen atoms in total. The van der Waals surface area contributed by atoms with E-state index in [-0.39, 0.29) is 10.7 Å². The zero-order valence-corrected chi connectivity index (χ0v) is 15.3. The standard InChI is InChI=1S/C17H15BrN2O3S/c1-12-2-8-15(9-3-12)24(22,23)20-10-16(19-17(20)11-21)13-4-6-14(18)7-5-13/h2-10,21H,11H2,1H3. The van der Waals surface area contributed by atoms with Crippen molar-refractivity contribution in [2.45, 2.75) is 18.4 Å². The zero-order valence-electron chi connectivity index (χ0n) is 12.8. The van der Waals surface area contributed by atoms with E-state index in [4.69, 9.17) is 0 Å². The predicted molar refractivity (Wildman–Crippen MR) is 95.0 cm³/mol. The van der Waals surface area contributed by atoms with Gasteiger partial charge in [0.25, 0.3) is 10.0 Å².